The van der Waals surface area contributed by atoms with Gasteiger partial charge in [0.2, 0.25) is 0 Å². The largest absolute Gasteiger partial charge is 0.352 e. The lowest BCUT2D eigenvalue weighted by Gasteiger charge is -2.22. The molecule has 0 fully saturated rings. The van der Waals surface area contributed by atoms with Crippen LogP contribution in [0.3, 0.4) is 0 Å². The summed E-state index contributed by atoms with van der Waals surface area (Å²) in [5.74, 6) is -1.51. The van der Waals surface area contributed by atoms with E-state index in [0.29, 0.717) is 11.4 Å². The van der Waals surface area contributed by atoms with Gasteiger partial charge in [0.1, 0.15) is 17.3 Å². The van der Waals surface area contributed by atoms with E-state index in [-0.39, 0.29) is 17.6 Å². The summed E-state index contributed by atoms with van der Waals surface area (Å²) >= 11 is 0. The van der Waals surface area contributed by atoms with Crippen LogP contribution in [0, 0.1) is 11.6 Å². The smallest absolute Gasteiger partial charge is 0.277 e. The molecular formula is C21H17F2N3O. The molecule has 0 radical (unpaired) electrons. The average Bonchev–Trinajstić information content (AvgIpc) is 3.00. The molecule has 1 aliphatic rings. The topological polar surface area (TPSA) is 45.2 Å². The van der Waals surface area contributed by atoms with Gasteiger partial charge in [0.25, 0.3) is 5.91 Å². The molecule has 0 bridgehead atoms. The highest BCUT2D eigenvalue weighted by molar-refractivity contribution is 6.06. The zero-order chi connectivity index (χ0) is 19.0. The third-order valence-corrected chi connectivity index (χ3v) is 4.62. The Balaban J connectivity index is 1.55. The molecule has 1 N–H and O–H groups in total. The lowest BCUT2D eigenvalue weighted by atomic mass is 10.1. The number of anilines is 3. The van der Waals surface area contributed by atoms with Crippen LogP contribution in [0.1, 0.15) is 23.0 Å². The Hall–Kier alpha value is -3.28. The lowest BCUT2D eigenvalue weighted by molar-refractivity contribution is 0.0976. The number of nitrogens with zero attached hydrogens (tertiary/aromatic N) is 2. The van der Waals surface area contributed by atoms with Crippen LogP contribution in [0.4, 0.5) is 25.8 Å². The number of carbonyl (C=O) groups excluding carboxylic acids is 1. The van der Waals surface area contributed by atoms with Crippen LogP contribution in [0.15, 0.2) is 60.8 Å². The Morgan fingerprint density at radius 3 is 2.70 bits per heavy atom. The first-order chi connectivity index (χ1) is 13.0. The second-order valence-corrected chi connectivity index (χ2v) is 6.54. The average molecular weight is 365 g/mol. The van der Waals surface area contributed by atoms with Crippen molar-refractivity contribution in [2.24, 2.45) is 0 Å². The summed E-state index contributed by atoms with van der Waals surface area (Å²) in [4.78, 5) is 18.9. The summed E-state index contributed by atoms with van der Waals surface area (Å²) in [6.45, 7) is 2.01. The minimum Gasteiger partial charge on any atom is -0.352 e. The number of nitrogens with one attached hydrogen (secondary N) is 1. The molecule has 1 atom stereocenters. The molecule has 0 aliphatic carbocycles. The molecule has 6 heteroatoms. The molecule has 136 valence electrons. The van der Waals surface area contributed by atoms with Crippen molar-refractivity contribution >= 4 is 23.0 Å². The van der Waals surface area contributed by atoms with Crippen LogP contribution >= 0.6 is 0 Å². The molecule has 27 heavy (non-hydrogen) atoms. The molecule has 1 aromatic heterocycles. The summed E-state index contributed by atoms with van der Waals surface area (Å²) in [7, 11) is 0. The normalized spacial score (nSPS) is 15.5. The second kappa shape index (κ2) is 6.79. The zero-order valence-electron chi connectivity index (χ0n) is 14.6. The molecule has 4 rings (SSSR count). The third kappa shape index (κ3) is 3.26. The molecule has 0 spiro atoms. The Kier molecular flexibility index (Phi) is 4.32. The van der Waals surface area contributed by atoms with E-state index in [1.807, 2.05) is 31.2 Å². The van der Waals surface area contributed by atoms with Crippen LogP contribution in [-0.2, 0) is 6.42 Å². The number of pyridine rings is 1. The summed E-state index contributed by atoms with van der Waals surface area (Å²) in [5.41, 5.74) is 3.01. The first kappa shape index (κ1) is 17.1. The molecule has 0 saturated heterocycles. The van der Waals surface area contributed by atoms with E-state index in [1.165, 1.54) is 18.3 Å². The van der Waals surface area contributed by atoms with E-state index in [0.717, 1.165) is 23.7 Å². The monoisotopic (exact) mass is 365 g/mol. The summed E-state index contributed by atoms with van der Waals surface area (Å²) < 4.78 is 26.7. The van der Waals surface area contributed by atoms with Gasteiger partial charge in [0.15, 0.2) is 0 Å². The molecular weight excluding hydrogens is 348 g/mol. The Morgan fingerprint density at radius 1 is 1.15 bits per heavy atom. The van der Waals surface area contributed by atoms with Crippen molar-refractivity contribution < 1.29 is 13.6 Å². The van der Waals surface area contributed by atoms with Crippen LogP contribution in [-0.4, -0.2) is 16.9 Å². The van der Waals surface area contributed by atoms with Gasteiger partial charge in [-0.05, 0) is 49.2 Å². The van der Waals surface area contributed by atoms with Crippen molar-refractivity contribution in [3.63, 3.8) is 0 Å². The SMILES string of the molecule is CC1Cc2ccccc2N1C(=O)c1ccc(Nc2ccc(F)cc2F)cn1. The number of benzene rings is 2. The van der Waals surface area contributed by atoms with E-state index in [2.05, 4.69) is 10.3 Å². The van der Waals surface area contributed by atoms with Crippen molar-refractivity contribution in [1.29, 1.82) is 0 Å². The first-order valence-electron chi connectivity index (χ1n) is 8.62. The third-order valence-electron chi connectivity index (χ3n) is 4.62. The van der Waals surface area contributed by atoms with Crippen molar-refractivity contribution in [2.45, 2.75) is 19.4 Å². The van der Waals surface area contributed by atoms with Gasteiger partial charge in [-0.15, -0.1) is 0 Å². The fourth-order valence-electron chi connectivity index (χ4n) is 3.34. The predicted octanol–water partition coefficient (Wildman–Crippen LogP) is 4.69. The van der Waals surface area contributed by atoms with Crippen molar-refractivity contribution in [2.75, 3.05) is 10.2 Å². The number of fused-ring (bicyclic) bond motifs is 1. The van der Waals surface area contributed by atoms with Gasteiger partial charge in [0.05, 0.1) is 17.6 Å². The first-order valence-corrected chi connectivity index (χ1v) is 8.62. The molecule has 0 saturated carbocycles. The van der Waals surface area contributed by atoms with Gasteiger partial charge in [-0.25, -0.2) is 13.8 Å². The van der Waals surface area contributed by atoms with Gasteiger partial charge < -0.3 is 10.2 Å². The van der Waals surface area contributed by atoms with Gasteiger partial charge in [-0.2, -0.15) is 0 Å². The van der Waals surface area contributed by atoms with Crippen LogP contribution < -0.4 is 10.2 Å². The van der Waals surface area contributed by atoms with Crippen molar-refractivity contribution in [1.82, 2.24) is 4.98 Å². The second-order valence-electron chi connectivity index (χ2n) is 6.54. The number of hydrogen-bond acceptors (Lipinski definition) is 3. The van der Waals surface area contributed by atoms with Crippen LogP contribution in [0.25, 0.3) is 0 Å². The summed E-state index contributed by atoms with van der Waals surface area (Å²) in [6, 6.07) is 14.4. The van der Waals surface area contributed by atoms with E-state index in [1.54, 1.807) is 17.0 Å². The highest BCUT2D eigenvalue weighted by Crippen LogP contribution is 2.33. The Bertz CT molecular complexity index is 1000. The maximum atomic E-state index is 13.7. The quantitative estimate of drug-likeness (QED) is 0.732. The number of hydrogen-bond donors (Lipinski definition) is 1. The number of rotatable bonds is 3. The van der Waals surface area contributed by atoms with Crippen LogP contribution in [0.5, 0.6) is 0 Å². The van der Waals surface area contributed by atoms with Crippen molar-refractivity contribution in [3.8, 4) is 0 Å². The number of aromatic nitrogens is 1. The lowest BCUT2D eigenvalue weighted by Crippen LogP contribution is -2.36. The molecule has 2 heterocycles. The molecule has 1 aliphatic heterocycles. The highest BCUT2D eigenvalue weighted by Gasteiger charge is 2.31. The number of para-hydroxylation sites is 1. The van der Waals surface area contributed by atoms with E-state index >= 15 is 0 Å². The molecule has 1 unspecified atom stereocenters. The maximum absolute atomic E-state index is 13.7. The molecule has 1 amide bonds. The molecule has 4 nitrogen and oxygen atoms in total. The maximum Gasteiger partial charge on any atom is 0.277 e. The Labute approximate surface area is 155 Å². The molecule has 2 aromatic carbocycles. The minimum atomic E-state index is -0.697. The zero-order valence-corrected chi connectivity index (χ0v) is 14.6. The van der Waals surface area contributed by atoms with Crippen LogP contribution in [0.2, 0.25) is 0 Å². The summed E-state index contributed by atoms with van der Waals surface area (Å²) in [6.07, 6.45) is 2.27. The predicted molar refractivity (Wildman–Crippen MR) is 100 cm³/mol. The number of carbonyl (C=O) groups is 1. The van der Waals surface area contributed by atoms with E-state index < -0.39 is 11.6 Å². The minimum absolute atomic E-state index is 0.0582. The van der Waals surface area contributed by atoms with E-state index in [4.69, 9.17) is 0 Å². The van der Waals surface area contributed by atoms with Gasteiger partial charge in [0, 0.05) is 17.8 Å². The van der Waals surface area contributed by atoms with Gasteiger partial charge in [-0.1, -0.05) is 18.2 Å². The molecule has 3 aromatic rings. The van der Waals surface area contributed by atoms with Gasteiger partial charge in [-0.3, -0.25) is 4.79 Å². The highest BCUT2D eigenvalue weighted by atomic mass is 19.1. The van der Waals surface area contributed by atoms with E-state index in [9.17, 15) is 13.6 Å². The standard InChI is InChI=1S/C21H17F2N3O/c1-13-10-14-4-2-3-5-20(14)26(13)21(27)19-9-7-16(12-24-19)25-18-8-6-15(22)11-17(18)23/h2-9,11-13,25H,10H2,1H3. The fraction of sp³-hybridized carbons (Fsp3) is 0.143. The summed E-state index contributed by atoms with van der Waals surface area (Å²) in [5, 5.41) is 2.83. The number of halogens is 2. The Morgan fingerprint density at radius 2 is 1.96 bits per heavy atom. The number of amides is 1. The van der Waals surface area contributed by atoms with Gasteiger partial charge >= 0.3 is 0 Å². The fourth-order valence-corrected chi connectivity index (χ4v) is 3.34. The van der Waals surface area contributed by atoms with Crippen molar-refractivity contribution in [3.05, 3.63) is 83.7 Å².